The third kappa shape index (κ3) is 4.21. The van der Waals surface area contributed by atoms with Gasteiger partial charge >= 0.3 is 0 Å². The summed E-state index contributed by atoms with van der Waals surface area (Å²) >= 11 is 6.27. The van der Waals surface area contributed by atoms with Crippen molar-refractivity contribution in [2.75, 3.05) is 25.0 Å². The van der Waals surface area contributed by atoms with Crippen LogP contribution >= 0.6 is 11.6 Å². The molecule has 5 heteroatoms. The molecule has 132 valence electrons. The van der Waals surface area contributed by atoms with E-state index >= 15 is 0 Å². The maximum Gasteiger partial charge on any atom is 0.238 e. The Morgan fingerprint density at radius 3 is 2.64 bits per heavy atom. The molecule has 1 saturated heterocycles. The lowest BCUT2D eigenvalue weighted by molar-refractivity contribution is -0.117. The SMILES string of the molecule is Cc1cc(C)c(NC(=O)CN2C[C@@H](N)[C@H](c3ccccc3)C2)c(Cl)c1. The molecule has 1 fully saturated rings. The molecule has 3 rings (SSSR count). The summed E-state index contributed by atoms with van der Waals surface area (Å²) < 4.78 is 0. The Morgan fingerprint density at radius 2 is 1.96 bits per heavy atom. The molecule has 0 aliphatic carbocycles. The van der Waals surface area contributed by atoms with Crippen molar-refractivity contribution < 1.29 is 4.79 Å². The maximum atomic E-state index is 12.5. The van der Waals surface area contributed by atoms with E-state index in [1.807, 2.05) is 44.2 Å². The Bertz CT molecular complexity index is 740. The lowest BCUT2D eigenvalue weighted by atomic mass is 9.95. The van der Waals surface area contributed by atoms with E-state index in [1.165, 1.54) is 5.56 Å². The number of nitrogens with zero attached hydrogens (tertiary/aromatic N) is 1. The monoisotopic (exact) mass is 357 g/mol. The van der Waals surface area contributed by atoms with Crippen molar-refractivity contribution in [3.8, 4) is 0 Å². The predicted octanol–water partition coefficient (Wildman–Crippen LogP) is 3.32. The van der Waals surface area contributed by atoms with Crippen molar-refractivity contribution in [1.82, 2.24) is 4.90 Å². The van der Waals surface area contributed by atoms with Crippen LogP contribution in [0, 0.1) is 13.8 Å². The highest BCUT2D eigenvalue weighted by molar-refractivity contribution is 6.34. The lowest BCUT2D eigenvalue weighted by Gasteiger charge is -2.17. The number of anilines is 1. The van der Waals surface area contributed by atoms with Crippen molar-refractivity contribution in [1.29, 1.82) is 0 Å². The predicted molar refractivity (Wildman–Crippen MR) is 103 cm³/mol. The topological polar surface area (TPSA) is 58.4 Å². The molecule has 0 spiro atoms. The van der Waals surface area contributed by atoms with Crippen molar-refractivity contribution in [3.05, 3.63) is 64.2 Å². The Hall–Kier alpha value is -1.88. The highest BCUT2D eigenvalue weighted by Gasteiger charge is 2.32. The van der Waals surface area contributed by atoms with Crippen LogP contribution in [0.15, 0.2) is 42.5 Å². The quantitative estimate of drug-likeness (QED) is 0.882. The van der Waals surface area contributed by atoms with Crippen LogP contribution in [-0.4, -0.2) is 36.5 Å². The highest BCUT2D eigenvalue weighted by atomic mass is 35.5. The van der Waals surface area contributed by atoms with Gasteiger partial charge in [-0.2, -0.15) is 0 Å². The molecule has 25 heavy (non-hydrogen) atoms. The molecule has 3 N–H and O–H groups in total. The summed E-state index contributed by atoms with van der Waals surface area (Å²) in [5, 5.41) is 3.52. The van der Waals surface area contributed by atoms with Gasteiger partial charge in [-0.25, -0.2) is 0 Å². The summed E-state index contributed by atoms with van der Waals surface area (Å²) in [6.07, 6.45) is 0. The van der Waals surface area contributed by atoms with Crippen LogP contribution in [0.4, 0.5) is 5.69 Å². The van der Waals surface area contributed by atoms with Crippen molar-refractivity contribution in [3.63, 3.8) is 0 Å². The largest absolute Gasteiger partial charge is 0.326 e. The number of amides is 1. The van der Waals surface area contributed by atoms with Gasteiger partial charge < -0.3 is 11.1 Å². The fraction of sp³-hybridized carbons (Fsp3) is 0.350. The number of hydrogen-bond donors (Lipinski definition) is 2. The third-order valence-corrected chi connectivity index (χ3v) is 5.03. The van der Waals surface area contributed by atoms with Crippen LogP contribution in [-0.2, 0) is 4.79 Å². The first-order valence-corrected chi connectivity index (χ1v) is 8.91. The van der Waals surface area contributed by atoms with Gasteiger partial charge in [0.2, 0.25) is 5.91 Å². The second kappa shape index (κ2) is 7.56. The molecule has 1 heterocycles. The van der Waals surface area contributed by atoms with Crippen LogP contribution in [0.25, 0.3) is 0 Å². The minimum atomic E-state index is -0.0604. The second-order valence-corrected chi connectivity index (χ2v) is 7.27. The van der Waals surface area contributed by atoms with Crippen molar-refractivity contribution in [2.24, 2.45) is 5.73 Å². The van der Waals surface area contributed by atoms with Gasteiger partial charge in [0.15, 0.2) is 0 Å². The molecule has 0 saturated carbocycles. The number of carbonyl (C=O) groups is 1. The first-order valence-electron chi connectivity index (χ1n) is 8.53. The van der Waals surface area contributed by atoms with E-state index in [2.05, 4.69) is 22.3 Å². The van der Waals surface area contributed by atoms with E-state index in [0.29, 0.717) is 23.8 Å². The molecule has 1 amide bonds. The number of halogens is 1. The standard InChI is InChI=1S/C20H24ClN3O/c1-13-8-14(2)20(17(21)9-13)23-19(25)12-24-10-16(18(22)11-24)15-6-4-3-5-7-15/h3-9,16,18H,10-12,22H2,1-2H3,(H,23,25)/t16-,18+/m0/s1. The molecule has 0 bridgehead atoms. The summed E-state index contributed by atoms with van der Waals surface area (Å²) in [5.41, 5.74) is 10.3. The van der Waals surface area contributed by atoms with Crippen molar-refractivity contribution in [2.45, 2.75) is 25.8 Å². The van der Waals surface area contributed by atoms with E-state index in [0.717, 1.165) is 17.7 Å². The molecule has 1 aliphatic rings. The highest BCUT2D eigenvalue weighted by Crippen LogP contribution is 2.28. The summed E-state index contributed by atoms with van der Waals surface area (Å²) in [5.74, 6) is 0.202. The Morgan fingerprint density at radius 1 is 1.24 bits per heavy atom. The Balaban J connectivity index is 1.63. The number of nitrogens with two attached hydrogens (primary N) is 1. The minimum Gasteiger partial charge on any atom is -0.326 e. The van der Waals surface area contributed by atoms with Gasteiger partial charge in [-0.1, -0.05) is 48.0 Å². The molecule has 2 aromatic carbocycles. The average molecular weight is 358 g/mol. The number of carbonyl (C=O) groups excluding carboxylic acids is 1. The van der Waals surface area contributed by atoms with Gasteiger partial charge in [0.05, 0.1) is 17.3 Å². The van der Waals surface area contributed by atoms with E-state index < -0.39 is 0 Å². The normalized spacial score (nSPS) is 20.6. The summed E-state index contributed by atoms with van der Waals surface area (Å²) in [7, 11) is 0. The summed E-state index contributed by atoms with van der Waals surface area (Å²) in [6.45, 7) is 5.76. The van der Waals surface area contributed by atoms with E-state index in [1.54, 1.807) is 0 Å². The zero-order valence-corrected chi connectivity index (χ0v) is 15.4. The molecule has 1 aliphatic heterocycles. The lowest BCUT2D eigenvalue weighted by Crippen LogP contribution is -2.34. The van der Waals surface area contributed by atoms with Crippen LogP contribution in [0.1, 0.15) is 22.6 Å². The number of likely N-dealkylation sites (tertiary alicyclic amines) is 1. The fourth-order valence-corrected chi connectivity index (χ4v) is 3.92. The van der Waals surface area contributed by atoms with Crippen molar-refractivity contribution >= 4 is 23.2 Å². The van der Waals surface area contributed by atoms with Crippen LogP contribution in [0.2, 0.25) is 5.02 Å². The molecule has 4 nitrogen and oxygen atoms in total. The number of nitrogens with one attached hydrogen (secondary N) is 1. The molecule has 0 unspecified atom stereocenters. The number of rotatable bonds is 4. The van der Waals surface area contributed by atoms with Gasteiger partial charge in [-0.3, -0.25) is 9.69 Å². The summed E-state index contributed by atoms with van der Waals surface area (Å²) in [4.78, 5) is 14.6. The molecule has 2 aromatic rings. The molecular formula is C20H24ClN3O. The minimum absolute atomic E-state index is 0.0416. The molecule has 0 radical (unpaired) electrons. The summed E-state index contributed by atoms with van der Waals surface area (Å²) in [6, 6.07) is 14.2. The van der Waals surface area contributed by atoms with Gasteiger partial charge in [-0.15, -0.1) is 0 Å². The number of benzene rings is 2. The fourth-order valence-electron chi connectivity index (χ4n) is 3.55. The average Bonchev–Trinajstić information content (AvgIpc) is 2.92. The number of hydrogen-bond acceptors (Lipinski definition) is 3. The van der Waals surface area contributed by atoms with Crippen LogP contribution < -0.4 is 11.1 Å². The zero-order valence-electron chi connectivity index (χ0n) is 14.6. The molecular weight excluding hydrogens is 334 g/mol. The van der Waals surface area contributed by atoms with Crippen LogP contribution in [0.3, 0.4) is 0 Å². The van der Waals surface area contributed by atoms with Gasteiger partial charge in [0, 0.05) is 25.0 Å². The van der Waals surface area contributed by atoms with Gasteiger partial charge in [0.25, 0.3) is 0 Å². The van der Waals surface area contributed by atoms with Crippen LogP contribution in [0.5, 0.6) is 0 Å². The van der Waals surface area contributed by atoms with E-state index in [-0.39, 0.29) is 17.9 Å². The second-order valence-electron chi connectivity index (χ2n) is 6.86. The zero-order chi connectivity index (χ0) is 18.0. The Kier molecular flexibility index (Phi) is 5.42. The number of aryl methyl sites for hydroxylation is 2. The van der Waals surface area contributed by atoms with E-state index in [9.17, 15) is 4.79 Å². The molecule has 0 aromatic heterocycles. The Labute approximate surface area is 154 Å². The first-order chi connectivity index (χ1) is 11.9. The van der Waals surface area contributed by atoms with Gasteiger partial charge in [-0.05, 0) is 36.6 Å². The van der Waals surface area contributed by atoms with Gasteiger partial charge in [0.1, 0.15) is 0 Å². The van der Waals surface area contributed by atoms with E-state index in [4.69, 9.17) is 17.3 Å². The maximum absolute atomic E-state index is 12.5. The molecule has 2 atom stereocenters. The third-order valence-electron chi connectivity index (χ3n) is 4.73. The first kappa shape index (κ1) is 17.9. The smallest absolute Gasteiger partial charge is 0.238 e.